The molecule has 2 aliphatic rings. The van der Waals surface area contributed by atoms with Gasteiger partial charge in [0.05, 0.1) is 18.2 Å². The van der Waals surface area contributed by atoms with Gasteiger partial charge in [-0.3, -0.25) is 21.3 Å². The van der Waals surface area contributed by atoms with Gasteiger partial charge in [-0.2, -0.15) is 0 Å². The molecule has 2 heterocycles. The van der Waals surface area contributed by atoms with Crippen molar-refractivity contribution in [2.45, 2.75) is 23.9 Å². The van der Waals surface area contributed by atoms with E-state index in [2.05, 4.69) is 45.5 Å². The van der Waals surface area contributed by atoms with Crippen molar-refractivity contribution in [3.05, 3.63) is 35.9 Å². The molecule has 1 aromatic rings. The molecule has 16 heavy (non-hydrogen) atoms. The maximum atomic E-state index is 6.14. The smallest absolute Gasteiger partial charge is 0.137 e. The van der Waals surface area contributed by atoms with E-state index >= 15 is 0 Å². The predicted molar refractivity (Wildman–Crippen MR) is 63.8 cm³/mol. The summed E-state index contributed by atoms with van der Waals surface area (Å²) in [6.45, 7) is 0.816. The van der Waals surface area contributed by atoms with Crippen LogP contribution in [0, 0.1) is 0 Å². The van der Waals surface area contributed by atoms with Gasteiger partial charge in [0.15, 0.2) is 0 Å². The number of halogens is 1. The van der Waals surface area contributed by atoms with Gasteiger partial charge in [-0.25, -0.2) is 0 Å². The molecular formula is C11H15ClN4. The minimum absolute atomic E-state index is 0.196. The number of fused-ring (bicyclic) bond motifs is 1. The zero-order valence-corrected chi connectivity index (χ0v) is 9.54. The lowest BCUT2D eigenvalue weighted by Gasteiger charge is -2.38. The van der Waals surface area contributed by atoms with Crippen LogP contribution in [0.15, 0.2) is 30.3 Å². The highest BCUT2D eigenvalue weighted by atomic mass is 35.5. The van der Waals surface area contributed by atoms with Crippen LogP contribution < -0.4 is 21.3 Å². The molecule has 4 unspecified atom stereocenters. The van der Waals surface area contributed by atoms with E-state index in [-0.39, 0.29) is 17.8 Å². The van der Waals surface area contributed by atoms with Crippen LogP contribution in [-0.4, -0.2) is 24.5 Å². The van der Waals surface area contributed by atoms with E-state index in [1.807, 2.05) is 6.07 Å². The quantitative estimate of drug-likeness (QED) is 0.420. The molecule has 3 rings (SSSR count). The average Bonchev–Trinajstić information content (AvgIpc) is 2.77. The molecule has 0 aliphatic carbocycles. The van der Waals surface area contributed by atoms with Gasteiger partial charge in [0.25, 0.3) is 0 Å². The summed E-state index contributed by atoms with van der Waals surface area (Å²) in [6, 6.07) is 11.0. The molecule has 2 aliphatic heterocycles. The minimum atomic E-state index is -0.196. The third kappa shape index (κ3) is 1.83. The zero-order valence-electron chi connectivity index (χ0n) is 8.78. The summed E-state index contributed by atoms with van der Waals surface area (Å²) in [4.78, 5) is 0. The summed E-state index contributed by atoms with van der Waals surface area (Å²) < 4.78 is 0. The zero-order chi connectivity index (χ0) is 11.0. The molecule has 0 amide bonds. The largest absolute Gasteiger partial charge is 0.297 e. The normalized spacial score (nSPS) is 38.3. The SMILES string of the molecule is ClC1NC2NCNC2C(c2ccccc2)N1. The minimum Gasteiger partial charge on any atom is -0.297 e. The molecule has 5 heteroatoms. The van der Waals surface area contributed by atoms with Crippen LogP contribution in [0.4, 0.5) is 0 Å². The Balaban J connectivity index is 1.87. The van der Waals surface area contributed by atoms with Gasteiger partial charge in [-0.15, -0.1) is 0 Å². The molecule has 0 saturated carbocycles. The lowest BCUT2D eigenvalue weighted by molar-refractivity contribution is 0.251. The van der Waals surface area contributed by atoms with Crippen LogP contribution in [0.2, 0.25) is 0 Å². The number of alkyl halides is 1. The number of nitrogens with one attached hydrogen (secondary N) is 4. The first kappa shape index (κ1) is 10.5. The fourth-order valence-corrected chi connectivity index (χ4v) is 2.71. The summed E-state index contributed by atoms with van der Waals surface area (Å²) in [5, 5.41) is 13.4. The standard InChI is InChI=1S/C11H15ClN4/c12-11-15-8(7-4-2-1-3-5-7)9-10(16-11)14-6-13-9/h1-5,8-11,13-16H,6H2. The Morgan fingerprint density at radius 2 is 1.88 bits per heavy atom. The molecule has 1 aromatic carbocycles. The second kappa shape index (κ2) is 4.31. The Kier molecular flexibility index (Phi) is 2.83. The monoisotopic (exact) mass is 238 g/mol. The van der Waals surface area contributed by atoms with E-state index in [1.54, 1.807) is 0 Å². The molecule has 4 atom stereocenters. The fraction of sp³-hybridized carbons (Fsp3) is 0.455. The van der Waals surface area contributed by atoms with Gasteiger partial charge in [0.2, 0.25) is 0 Å². The molecule has 0 radical (unpaired) electrons. The van der Waals surface area contributed by atoms with Crippen LogP contribution in [0.1, 0.15) is 11.6 Å². The van der Waals surface area contributed by atoms with Crippen molar-refractivity contribution < 1.29 is 0 Å². The highest BCUT2D eigenvalue weighted by Crippen LogP contribution is 2.24. The van der Waals surface area contributed by atoms with Crippen molar-refractivity contribution >= 4 is 11.6 Å². The van der Waals surface area contributed by atoms with Gasteiger partial charge in [-0.1, -0.05) is 41.9 Å². The van der Waals surface area contributed by atoms with Crippen LogP contribution in [-0.2, 0) is 0 Å². The Morgan fingerprint density at radius 3 is 2.69 bits per heavy atom. The van der Waals surface area contributed by atoms with Gasteiger partial charge in [0, 0.05) is 6.67 Å². The van der Waals surface area contributed by atoms with Crippen LogP contribution in [0.25, 0.3) is 0 Å². The summed E-state index contributed by atoms with van der Waals surface area (Å²) >= 11 is 6.14. The van der Waals surface area contributed by atoms with Crippen LogP contribution >= 0.6 is 11.6 Å². The van der Waals surface area contributed by atoms with Crippen LogP contribution in [0.5, 0.6) is 0 Å². The lowest BCUT2D eigenvalue weighted by Crippen LogP contribution is -2.63. The number of benzene rings is 1. The fourth-order valence-electron chi connectivity index (χ4n) is 2.44. The van der Waals surface area contributed by atoms with Gasteiger partial charge in [-0.05, 0) is 5.56 Å². The first-order valence-electron chi connectivity index (χ1n) is 5.52. The molecular weight excluding hydrogens is 224 g/mol. The number of hydrogen-bond donors (Lipinski definition) is 4. The molecule has 2 saturated heterocycles. The van der Waals surface area contributed by atoms with E-state index < -0.39 is 0 Å². The molecule has 0 spiro atoms. The second-order valence-corrected chi connectivity index (χ2v) is 4.61. The van der Waals surface area contributed by atoms with Gasteiger partial charge >= 0.3 is 0 Å². The van der Waals surface area contributed by atoms with Gasteiger partial charge in [0.1, 0.15) is 5.62 Å². The molecule has 4 nitrogen and oxygen atoms in total. The van der Waals surface area contributed by atoms with Crippen LogP contribution in [0.3, 0.4) is 0 Å². The van der Waals surface area contributed by atoms with Crippen molar-refractivity contribution in [3.63, 3.8) is 0 Å². The van der Waals surface area contributed by atoms with E-state index in [4.69, 9.17) is 11.6 Å². The highest BCUT2D eigenvalue weighted by molar-refractivity contribution is 6.20. The number of rotatable bonds is 1. The first-order chi connectivity index (χ1) is 7.84. The first-order valence-corrected chi connectivity index (χ1v) is 5.96. The number of hydrogen-bond acceptors (Lipinski definition) is 4. The van der Waals surface area contributed by atoms with E-state index in [0.29, 0.717) is 6.04 Å². The van der Waals surface area contributed by atoms with Crippen molar-refractivity contribution in [1.82, 2.24) is 21.3 Å². The van der Waals surface area contributed by atoms with E-state index in [1.165, 1.54) is 5.56 Å². The summed E-state index contributed by atoms with van der Waals surface area (Å²) in [5.74, 6) is 0. The molecule has 86 valence electrons. The van der Waals surface area contributed by atoms with Crippen molar-refractivity contribution in [2.75, 3.05) is 6.67 Å². The van der Waals surface area contributed by atoms with Crippen molar-refractivity contribution in [3.8, 4) is 0 Å². The van der Waals surface area contributed by atoms with Crippen molar-refractivity contribution in [1.29, 1.82) is 0 Å². The third-order valence-corrected chi connectivity index (χ3v) is 3.44. The summed E-state index contributed by atoms with van der Waals surface area (Å²) in [7, 11) is 0. The summed E-state index contributed by atoms with van der Waals surface area (Å²) in [6.07, 6.45) is 0.231. The second-order valence-electron chi connectivity index (χ2n) is 4.17. The Morgan fingerprint density at radius 1 is 1.06 bits per heavy atom. The average molecular weight is 239 g/mol. The maximum absolute atomic E-state index is 6.14. The Hall–Kier alpha value is -0.650. The lowest BCUT2D eigenvalue weighted by atomic mass is 9.96. The summed E-state index contributed by atoms with van der Waals surface area (Å²) in [5.41, 5.74) is 1.07. The van der Waals surface area contributed by atoms with E-state index in [9.17, 15) is 0 Å². The van der Waals surface area contributed by atoms with E-state index in [0.717, 1.165) is 6.67 Å². The topological polar surface area (TPSA) is 48.1 Å². The maximum Gasteiger partial charge on any atom is 0.137 e. The molecule has 4 N–H and O–H groups in total. The highest BCUT2D eigenvalue weighted by Gasteiger charge is 2.39. The molecule has 2 fully saturated rings. The Labute approximate surface area is 99.7 Å². The van der Waals surface area contributed by atoms with Crippen molar-refractivity contribution in [2.24, 2.45) is 0 Å². The Bertz CT molecular complexity index is 358. The molecule has 0 bridgehead atoms. The predicted octanol–water partition coefficient (Wildman–Crippen LogP) is 0.288. The third-order valence-electron chi connectivity index (χ3n) is 3.19. The van der Waals surface area contributed by atoms with Gasteiger partial charge < -0.3 is 0 Å². The molecule has 0 aromatic heterocycles.